The van der Waals surface area contributed by atoms with Crippen molar-refractivity contribution in [2.45, 2.75) is 384 Å². The molecule has 11 saturated heterocycles. The maximum Gasteiger partial charge on any atom is 0.364 e. The first-order valence-electron chi connectivity index (χ1n) is 45.3. The minimum absolute atomic E-state index is 0.829. The number of nitrogens with one attached hydrogen (secondary N) is 5. The summed E-state index contributed by atoms with van der Waals surface area (Å²) < 4.78 is 124. The molecule has 0 saturated carbocycles. The Labute approximate surface area is 808 Å². The molecule has 0 aromatic rings. The molecule has 56 atom stereocenters. The topological polar surface area (TPSA) is 1000 Å². The second-order valence-electron chi connectivity index (χ2n) is 36.0. The zero-order chi connectivity index (χ0) is 106. The van der Waals surface area contributed by atoms with Gasteiger partial charge in [0.25, 0.3) is 5.79 Å². The summed E-state index contributed by atoms with van der Waals surface area (Å²) >= 11 is 0. The van der Waals surface area contributed by atoms with Crippen LogP contribution in [0.25, 0.3) is 0 Å². The SMILES string of the molecule is CC(=O)N[C@@H]1[C@@H](O)[C@H](O[C@@H]2O[C@H](CO)[C@@H](O[C@@H]3O[C@H](CO[C@H]4O[C@H](CO)[C@@H](O)[C@H](O)[C@@H]4O[C@@H]4O[C@H](CO)[C@@H](O[C@@H]5O[C@H](CO)[C@H](O)[C@H](O[C@H]6O[C@H](CO)[C@H](O)[C@H](O)[C@H]6O)[C@H]5O)[C@H](O)[C@H]4NC(C)=O)[C@@H](O)[C@H](O[C@H]4O[C@H](CO)[C@@H](O)[C@H](O)[C@@H]4O[C@@H]4O[C@H](CO)[C@@H](O[C@@H]5O[C@H](CO[C@]6(C(=O)O)C[C@H](O)[C@@H](NC(C)=O)[C@H]([C@H](O)[C@H](O)CO)O6)[C@H](O)[C@H](O)[C@H]5O)[C@H](O)[C@H]4NC(C)=O)[C@@H]3O)[C@H](O)[C@H]2NC(C)=O)[C@@H](CO)O[C@H]1O. The molecule has 0 aliphatic carbocycles. The van der Waals surface area contributed by atoms with Crippen LogP contribution in [0.4, 0.5) is 0 Å². The van der Waals surface area contributed by atoms with Gasteiger partial charge in [0.15, 0.2) is 62.9 Å². The van der Waals surface area contributed by atoms with E-state index in [2.05, 4.69) is 26.6 Å². The number of carbonyl (C=O) groups excluding carboxylic acids is 5. The molecule has 64 nitrogen and oxygen atoms in total. The highest BCUT2D eigenvalue weighted by molar-refractivity contribution is 5.77. The molecule has 11 heterocycles. The van der Waals surface area contributed by atoms with E-state index in [0.717, 1.165) is 34.6 Å². The Balaban J connectivity index is 0.893. The lowest BCUT2D eigenvalue weighted by atomic mass is 9.88. The molecule has 0 aromatic heterocycles. The van der Waals surface area contributed by atoms with E-state index in [1.807, 2.05) is 0 Å². The van der Waals surface area contributed by atoms with Crippen molar-refractivity contribution in [3.63, 3.8) is 0 Å². The van der Waals surface area contributed by atoms with E-state index in [9.17, 15) is 192 Å². The van der Waals surface area contributed by atoms with Crippen LogP contribution in [-0.4, -0.2) is 615 Å². The van der Waals surface area contributed by atoms with Crippen molar-refractivity contribution in [1.29, 1.82) is 0 Å². The lowest BCUT2D eigenvalue weighted by Crippen LogP contribution is -2.71. The molecule has 37 N–H and O–H groups in total. The Morgan fingerprint density at radius 1 is 0.287 bits per heavy atom. The van der Waals surface area contributed by atoms with Gasteiger partial charge in [0.05, 0.1) is 84.8 Å². The van der Waals surface area contributed by atoms with Gasteiger partial charge in [-0.25, -0.2) is 4.79 Å². The van der Waals surface area contributed by atoms with E-state index in [-0.39, 0.29) is 0 Å². The maximum absolute atomic E-state index is 13.3. The molecule has 143 heavy (non-hydrogen) atoms. The highest BCUT2D eigenvalue weighted by atomic mass is 16.8. The summed E-state index contributed by atoms with van der Waals surface area (Å²) in [5, 5.41) is 371. The van der Waals surface area contributed by atoms with Gasteiger partial charge in [-0.2, -0.15) is 0 Å². The van der Waals surface area contributed by atoms with E-state index < -0.39 is 458 Å². The average molecular weight is 2090 g/mol. The molecule has 11 fully saturated rings. The number of amides is 5. The normalized spacial score (nSPS) is 47.8. The summed E-state index contributed by atoms with van der Waals surface area (Å²) in [5.74, 6) is -9.99. The molecular formula is C79H131N5O59. The molecule has 11 aliphatic heterocycles. The molecule has 11 aliphatic rings. The number of aliphatic hydroxyl groups excluding tert-OH is 31. The van der Waals surface area contributed by atoms with Gasteiger partial charge in [-0.05, 0) is 0 Å². The van der Waals surface area contributed by atoms with Crippen molar-refractivity contribution < 1.29 is 292 Å². The minimum atomic E-state index is -3.12. The van der Waals surface area contributed by atoms with Crippen LogP contribution in [0.1, 0.15) is 41.0 Å². The number of carbonyl (C=O) groups is 6. The van der Waals surface area contributed by atoms with Crippen LogP contribution in [0, 0.1) is 0 Å². The summed E-state index contributed by atoms with van der Waals surface area (Å²) in [5.41, 5.74) is 0. The number of aliphatic carboxylic acids is 1. The lowest BCUT2D eigenvalue weighted by Gasteiger charge is -2.51. The Bertz CT molecular complexity index is 4030. The molecule has 11 rings (SSSR count). The van der Waals surface area contributed by atoms with Gasteiger partial charge in [0.1, 0.15) is 262 Å². The van der Waals surface area contributed by atoms with Crippen LogP contribution < -0.4 is 26.6 Å². The van der Waals surface area contributed by atoms with Gasteiger partial charge in [-0.1, -0.05) is 0 Å². The lowest BCUT2D eigenvalue weighted by molar-refractivity contribution is -0.399. The zero-order valence-corrected chi connectivity index (χ0v) is 76.6. The summed E-state index contributed by atoms with van der Waals surface area (Å²) in [6.45, 7) is -8.61. The third kappa shape index (κ3) is 26.2. The number of rotatable bonds is 39. The fraction of sp³-hybridized carbons (Fsp3) is 0.924. The smallest absolute Gasteiger partial charge is 0.364 e. The predicted molar refractivity (Wildman–Crippen MR) is 438 cm³/mol. The van der Waals surface area contributed by atoms with Gasteiger partial charge in [0, 0.05) is 41.0 Å². The number of hydrogen-bond acceptors (Lipinski definition) is 58. The second kappa shape index (κ2) is 51.2. The van der Waals surface area contributed by atoms with Gasteiger partial charge >= 0.3 is 5.97 Å². The van der Waals surface area contributed by atoms with E-state index >= 15 is 0 Å². The molecular weight excluding hydrogens is 1960 g/mol. The number of carboxylic acids is 1. The first kappa shape index (κ1) is 118. The van der Waals surface area contributed by atoms with Crippen LogP contribution in [0.5, 0.6) is 0 Å². The van der Waals surface area contributed by atoms with Crippen LogP contribution in [0.3, 0.4) is 0 Å². The van der Waals surface area contributed by atoms with Crippen molar-refractivity contribution >= 4 is 35.5 Å². The highest BCUT2D eigenvalue weighted by Gasteiger charge is 2.64. The van der Waals surface area contributed by atoms with Crippen LogP contribution >= 0.6 is 0 Å². The summed E-state index contributed by atoms with van der Waals surface area (Å²) in [6, 6.07) is -9.62. The molecule has 0 spiro atoms. The number of ether oxygens (including phenoxy) is 21. The van der Waals surface area contributed by atoms with Crippen molar-refractivity contribution in [2.75, 3.05) is 72.7 Å². The van der Waals surface area contributed by atoms with Gasteiger partial charge in [0.2, 0.25) is 29.5 Å². The maximum atomic E-state index is 13.3. The van der Waals surface area contributed by atoms with Crippen molar-refractivity contribution in [3.8, 4) is 0 Å². The largest absolute Gasteiger partial charge is 0.477 e. The van der Waals surface area contributed by atoms with E-state index in [4.69, 9.17) is 99.5 Å². The minimum Gasteiger partial charge on any atom is -0.477 e. The average Bonchev–Trinajstić information content (AvgIpc) is 0.759. The van der Waals surface area contributed by atoms with Gasteiger partial charge in [-0.3, -0.25) is 24.0 Å². The number of hydrogen-bond donors (Lipinski definition) is 37. The van der Waals surface area contributed by atoms with E-state index in [1.54, 1.807) is 0 Å². The molecule has 0 unspecified atom stereocenters. The van der Waals surface area contributed by atoms with Crippen LogP contribution in [0.15, 0.2) is 0 Å². The summed E-state index contributed by atoms with van der Waals surface area (Å²) in [7, 11) is 0. The quantitative estimate of drug-likeness (QED) is 0.0272. The molecule has 64 heteroatoms. The van der Waals surface area contributed by atoms with Crippen molar-refractivity contribution in [3.05, 3.63) is 0 Å². The molecule has 0 bridgehead atoms. The van der Waals surface area contributed by atoms with E-state index in [0.29, 0.717) is 0 Å². The number of aliphatic hydroxyl groups is 31. The zero-order valence-electron chi connectivity index (χ0n) is 76.6. The summed E-state index contributed by atoms with van der Waals surface area (Å²) in [6.07, 6.45) is -111. The summed E-state index contributed by atoms with van der Waals surface area (Å²) in [4.78, 5) is 77.2. The first-order valence-corrected chi connectivity index (χ1v) is 45.3. The Kier molecular flexibility index (Phi) is 42.3. The van der Waals surface area contributed by atoms with Crippen molar-refractivity contribution in [1.82, 2.24) is 26.6 Å². The third-order valence-corrected chi connectivity index (χ3v) is 26.0. The van der Waals surface area contributed by atoms with Gasteiger partial charge in [-0.15, -0.1) is 0 Å². The molecule has 0 aromatic carbocycles. The molecule has 826 valence electrons. The molecule has 5 amide bonds. The first-order chi connectivity index (χ1) is 67.5. The Morgan fingerprint density at radius 3 is 0.951 bits per heavy atom. The Hall–Kier alpha value is -5.26. The Morgan fingerprint density at radius 2 is 0.566 bits per heavy atom. The predicted octanol–water partition coefficient (Wildman–Crippen LogP) is -25.1. The fourth-order valence-corrected chi connectivity index (χ4v) is 18.4. The van der Waals surface area contributed by atoms with Crippen molar-refractivity contribution in [2.24, 2.45) is 0 Å². The van der Waals surface area contributed by atoms with Crippen LogP contribution in [-0.2, 0) is 128 Å². The fourth-order valence-electron chi connectivity index (χ4n) is 18.4. The number of carboxylic acid groups (broad SMARTS) is 1. The highest BCUT2D eigenvalue weighted by Crippen LogP contribution is 2.43. The van der Waals surface area contributed by atoms with E-state index in [1.165, 1.54) is 0 Å². The second-order valence-corrected chi connectivity index (χ2v) is 36.0. The third-order valence-electron chi connectivity index (χ3n) is 26.0. The molecule has 0 radical (unpaired) electrons. The van der Waals surface area contributed by atoms with Gasteiger partial charge < -0.3 is 289 Å². The van der Waals surface area contributed by atoms with Crippen LogP contribution in [0.2, 0.25) is 0 Å². The standard InChI is InChI=1S/C79H131N5O59/c1-18(94)80-35-23(99)6-79(78(121)122,143-63(35)40(101)24(100)7-85)124-17-34-44(105)52(113)56(117)73(134-34)136-60-30(13-91)132-71(39(49(60)110)84-22(5)98)142-67-54(115)43(104)27(10-88)129-77(67)140-65-46(107)33(133-75(58(65)119)138-62-31(14-92)130-69(37(48(62)109)82-20(3)96)135-59-29(12-90)125-68(120)36(47(59)108)81-19(2)95)16-123-76-66(53(114)42(103)26(9-87)128-76)141-70-38(83-21(4)97)50(111)61(32(15-93)131-70)137-74-57(118)64(45(106)28(11-89)127-74)139-72-55(116)51(112)41(102)25(8-86)126-72/h23-77,85-93,99-120H,6-17H2,1-5H3,(H,80,94)(H,81,95)(H,82,96)(H,83,97)(H,84,98)(H,121,122)/t23-,24+,25+,26+,27+,28+,29+,30+,31+,32+,33+,34+,35+,36+,37+,38+,39+,40+,41-,42+,43+,44-,45-,46+,47+,48+,49+,50+,51-,52-,53-,54-,55+,56+,57+,58-,59+,60+,61+,62+,63+,64-,65-,66-,67-,68+,69-,70-,71-,72+,73-,74-,75-,76-,77+,79+/m0/s1. The monoisotopic (exact) mass is 2090 g/mol.